The second-order valence-electron chi connectivity index (χ2n) is 9.52. The molecular formula is C28H33NO6S. The lowest BCUT2D eigenvalue weighted by Crippen LogP contribution is -2.43. The molecule has 8 heteroatoms. The van der Waals surface area contributed by atoms with Gasteiger partial charge < -0.3 is 14.8 Å². The average Bonchev–Trinajstić information content (AvgIpc) is 2.82. The normalized spacial score (nSPS) is 12.6. The van der Waals surface area contributed by atoms with Crippen molar-refractivity contribution in [2.24, 2.45) is 0 Å². The first kappa shape index (κ1) is 27.2. The molecule has 192 valence electrons. The van der Waals surface area contributed by atoms with Crippen LogP contribution in [0.2, 0.25) is 0 Å². The number of nitrogens with one attached hydrogen (secondary N) is 1. The lowest BCUT2D eigenvalue weighted by molar-refractivity contribution is 0.0488. The van der Waals surface area contributed by atoms with E-state index in [2.05, 4.69) is 5.32 Å². The predicted octanol–water partition coefficient (Wildman–Crippen LogP) is 5.42. The highest BCUT2D eigenvalue weighted by molar-refractivity contribution is 7.86. The summed E-state index contributed by atoms with van der Waals surface area (Å²) in [6.45, 7) is 7.35. The van der Waals surface area contributed by atoms with E-state index in [9.17, 15) is 13.2 Å². The first-order valence-corrected chi connectivity index (χ1v) is 13.1. The van der Waals surface area contributed by atoms with Crippen molar-refractivity contribution in [2.75, 3.05) is 6.61 Å². The minimum Gasteiger partial charge on any atom is -0.489 e. The Morgan fingerprint density at radius 1 is 0.889 bits per heavy atom. The standard InChI is InChI=1S/C28H33NO6S/c1-21-10-16-26(17-11-21)36(31,32)34-20-24(29-27(30)35-28(2,3)4)18-22-12-14-25(15-13-22)33-19-23-8-6-5-7-9-23/h5-17,24H,18-20H2,1-4H3,(H,29,30)/t24-/m0/s1. The topological polar surface area (TPSA) is 90.9 Å². The SMILES string of the molecule is Cc1ccc(S(=O)(=O)OC[C@H](Cc2ccc(OCc3ccccc3)cc2)NC(=O)OC(C)(C)C)cc1. The van der Waals surface area contributed by atoms with Crippen molar-refractivity contribution in [1.29, 1.82) is 0 Å². The van der Waals surface area contributed by atoms with Crippen LogP contribution < -0.4 is 10.1 Å². The van der Waals surface area contributed by atoms with Gasteiger partial charge in [-0.1, -0.05) is 60.2 Å². The van der Waals surface area contributed by atoms with Gasteiger partial charge in [0.05, 0.1) is 17.5 Å². The van der Waals surface area contributed by atoms with Gasteiger partial charge in [-0.05, 0) is 69.5 Å². The Morgan fingerprint density at radius 3 is 2.14 bits per heavy atom. The van der Waals surface area contributed by atoms with Crippen molar-refractivity contribution >= 4 is 16.2 Å². The summed E-state index contributed by atoms with van der Waals surface area (Å²) >= 11 is 0. The second kappa shape index (κ2) is 12.1. The van der Waals surface area contributed by atoms with E-state index in [4.69, 9.17) is 13.7 Å². The molecule has 0 bridgehead atoms. The summed E-state index contributed by atoms with van der Waals surface area (Å²) in [5.74, 6) is 0.706. The molecule has 3 aromatic rings. The predicted molar refractivity (Wildman–Crippen MR) is 138 cm³/mol. The molecule has 3 rings (SSSR count). The Bertz CT molecular complexity index is 1220. The highest BCUT2D eigenvalue weighted by atomic mass is 32.2. The molecule has 1 amide bonds. The van der Waals surface area contributed by atoms with E-state index < -0.39 is 27.9 Å². The van der Waals surface area contributed by atoms with E-state index in [1.54, 1.807) is 32.9 Å². The molecule has 0 saturated heterocycles. The minimum absolute atomic E-state index is 0.0593. The van der Waals surface area contributed by atoms with Gasteiger partial charge in [0, 0.05) is 0 Å². The molecule has 0 heterocycles. The molecule has 0 saturated carbocycles. The van der Waals surface area contributed by atoms with Gasteiger partial charge in [0.2, 0.25) is 0 Å². The molecule has 0 spiro atoms. The van der Waals surface area contributed by atoms with Crippen LogP contribution in [0.3, 0.4) is 0 Å². The summed E-state index contributed by atoms with van der Waals surface area (Å²) in [5.41, 5.74) is 2.19. The second-order valence-corrected chi connectivity index (χ2v) is 11.1. The Morgan fingerprint density at radius 2 is 1.53 bits per heavy atom. The molecule has 3 aromatic carbocycles. The van der Waals surface area contributed by atoms with Crippen LogP contribution in [0.15, 0.2) is 83.8 Å². The van der Waals surface area contributed by atoms with Crippen LogP contribution in [-0.2, 0) is 32.1 Å². The summed E-state index contributed by atoms with van der Waals surface area (Å²) < 4.78 is 41.8. The molecule has 0 aromatic heterocycles. The van der Waals surface area contributed by atoms with Gasteiger partial charge in [0.25, 0.3) is 10.1 Å². The number of hydrogen-bond acceptors (Lipinski definition) is 6. The maximum Gasteiger partial charge on any atom is 0.407 e. The number of ether oxygens (including phenoxy) is 2. The van der Waals surface area contributed by atoms with Crippen molar-refractivity contribution in [3.05, 3.63) is 95.6 Å². The maximum absolute atomic E-state index is 12.7. The first-order chi connectivity index (χ1) is 17.0. The van der Waals surface area contributed by atoms with Gasteiger partial charge >= 0.3 is 6.09 Å². The Balaban J connectivity index is 1.66. The summed E-state index contributed by atoms with van der Waals surface area (Å²) in [7, 11) is -3.99. The number of carbonyl (C=O) groups is 1. The fourth-order valence-corrected chi connectivity index (χ4v) is 4.27. The molecule has 0 fully saturated rings. The maximum atomic E-state index is 12.7. The fraction of sp³-hybridized carbons (Fsp3) is 0.321. The Hall–Kier alpha value is -3.36. The van der Waals surface area contributed by atoms with Gasteiger partial charge in [0.15, 0.2) is 0 Å². The third-order valence-corrected chi connectivity index (χ3v) is 6.40. The molecule has 7 nitrogen and oxygen atoms in total. The highest BCUT2D eigenvalue weighted by Crippen LogP contribution is 2.18. The number of benzene rings is 3. The van der Waals surface area contributed by atoms with Gasteiger partial charge in [-0.25, -0.2) is 4.79 Å². The van der Waals surface area contributed by atoms with E-state index in [-0.39, 0.29) is 11.5 Å². The third kappa shape index (κ3) is 9.02. The van der Waals surface area contributed by atoms with Crippen LogP contribution in [-0.4, -0.2) is 32.8 Å². The van der Waals surface area contributed by atoms with E-state index in [1.165, 1.54) is 12.1 Å². The minimum atomic E-state index is -3.99. The van der Waals surface area contributed by atoms with Gasteiger partial charge in [-0.2, -0.15) is 8.42 Å². The van der Waals surface area contributed by atoms with Crippen LogP contribution in [0, 0.1) is 6.92 Å². The number of rotatable bonds is 10. The highest BCUT2D eigenvalue weighted by Gasteiger charge is 2.23. The molecule has 1 N–H and O–H groups in total. The number of amides is 1. The molecule has 0 unspecified atom stereocenters. The molecule has 0 aliphatic carbocycles. The van der Waals surface area contributed by atoms with Gasteiger partial charge in [-0.15, -0.1) is 0 Å². The summed E-state index contributed by atoms with van der Waals surface area (Å²) in [5, 5.41) is 2.73. The van der Waals surface area contributed by atoms with Crippen LogP contribution in [0.5, 0.6) is 5.75 Å². The van der Waals surface area contributed by atoms with E-state index in [0.29, 0.717) is 18.8 Å². The summed E-state index contributed by atoms with van der Waals surface area (Å²) in [4.78, 5) is 12.5. The van der Waals surface area contributed by atoms with E-state index >= 15 is 0 Å². The van der Waals surface area contributed by atoms with E-state index in [1.807, 2.05) is 61.5 Å². The molecule has 36 heavy (non-hydrogen) atoms. The van der Waals surface area contributed by atoms with Gasteiger partial charge in [-0.3, -0.25) is 4.18 Å². The largest absolute Gasteiger partial charge is 0.489 e. The summed E-state index contributed by atoms with van der Waals surface area (Å²) in [6, 6.07) is 23.0. The van der Waals surface area contributed by atoms with Crippen molar-refractivity contribution in [1.82, 2.24) is 5.32 Å². The van der Waals surface area contributed by atoms with Crippen LogP contribution in [0.25, 0.3) is 0 Å². The van der Waals surface area contributed by atoms with Crippen LogP contribution in [0.4, 0.5) is 4.79 Å². The first-order valence-electron chi connectivity index (χ1n) is 11.7. The average molecular weight is 512 g/mol. The fourth-order valence-electron chi connectivity index (χ4n) is 3.32. The lowest BCUT2D eigenvalue weighted by atomic mass is 10.1. The monoisotopic (exact) mass is 511 g/mol. The lowest BCUT2D eigenvalue weighted by Gasteiger charge is -2.23. The third-order valence-electron chi connectivity index (χ3n) is 5.11. The smallest absolute Gasteiger partial charge is 0.407 e. The van der Waals surface area contributed by atoms with Crippen LogP contribution >= 0.6 is 0 Å². The zero-order chi connectivity index (χ0) is 26.2. The van der Waals surface area contributed by atoms with Crippen molar-refractivity contribution in [3.8, 4) is 5.75 Å². The van der Waals surface area contributed by atoms with Crippen molar-refractivity contribution in [3.63, 3.8) is 0 Å². The molecule has 1 atom stereocenters. The number of hydrogen-bond donors (Lipinski definition) is 1. The quantitative estimate of drug-likeness (QED) is 0.366. The van der Waals surface area contributed by atoms with Crippen LogP contribution in [0.1, 0.15) is 37.5 Å². The number of carbonyl (C=O) groups excluding carboxylic acids is 1. The summed E-state index contributed by atoms with van der Waals surface area (Å²) in [6.07, 6.45) is -0.312. The van der Waals surface area contributed by atoms with Gasteiger partial charge in [0.1, 0.15) is 18.0 Å². The Kier molecular flexibility index (Phi) is 9.12. The molecule has 0 aliphatic heterocycles. The zero-order valence-corrected chi connectivity index (χ0v) is 21.9. The molecular weight excluding hydrogens is 478 g/mol. The zero-order valence-electron chi connectivity index (χ0n) is 21.1. The molecule has 0 aliphatic rings. The van der Waals surface area contributed by atoms with E-state index in [0.717, 1.165) is 16.7 Å². The molecule has 0 radical (unpaired) electrons. The van der Waals surface area contributed by atoms with Crippen molar-refractivity contribution in [2.45, 2.75) is 57.3 Å². The number of aryl methyl sites for hydroxylation is 1. The Labute approximate surface area is 213 Å². The number of alkyl carbamates (subject to hydrolysis) is 1. The van der Waals surface area contributed by atoms with Crippen molar-refractivity contribution < 1.29 is 26.9 Å².